The fraction of sp³-hybridized carbons (Fsp3) is 0.381. The fourth-order valence-corrected chi connectivity index (χ4v) is 3.56. The molecule has 1 saturated heterocycles. The van der Waals surface area contributed by atoms with Crippen LogP contribution in [0.1, 0.15) is 25.3 Å². The van der Waals surface area contributed by atoms with Gasteiger partial charge < -0.3 is 14.8 Å². The molecular weight excluding hydrogens is 338 g/mol. The molecule has 0 atom stereocenters. The number of benzene rings is 1. The molecule has 1 N–H and O–H groups in total. The molecular formula is C21H25N5O. The molecule has 140 valence electrons. The number of nitrogens with one attached hydrogen (secondary N) is 1. The molecule has 0 bridgehead atoms. The van der Waals surface area contributed by atoms with E-state index in [-0.39, 0.29) is 5.56 Å². The van der Waals surface area contributed by atoms with Crippen LogP contribution in [0, 0.1) is 5.92 Å². The topological polar surface area (TPSA) is 63.0 Å². The van der Waals surface area contributed by atoms with Crippen molar-refractivity contribution in [2.45, 2.75) is 26.3 Å². The maximum Gasteiger partial charge on any atom is 0.293 e. The van der Waals surface area contributed by atoms with E-state index in [1.54, 1.807) is 24.0 Å². The van der Waals surface area contributed by atoms with E-state index in [1.165, 1.54) is 18.5 Å². The lowest BCUT2D eigenvalue weighted by atomic mass is 9.99. The average molecular weight is 363 g/mol. The van der Waals surface area contributed by atoms with Crippen LogP contribution in [0.15, 0.2) is 47.5 Å². The molecule has 0 aliphatic carbocycles. The Labute approximate surface area is 158 Å². The van der Waals surface area contributed by atoms with Crippen molar-refractivity contribution in [2.75, 3.05) is 23.3 Å². The van der Waals surface area contributed by atoms with Gasteiger partial charge in [-0.1, -0.05) is 19.1 Å². The number of rotatable bonds is 4. The summed E-state index contributed by atoms with van der Waals surface area (Å²) in [7, 11) is 1.74. The maximum absolute atomic E-state index is 12.5. The Morgan fingerprint density at radius 3 is 2.63 bits per heavy atom. The summed E-state index contributed by atoms with van der Waals surface area (Å²) < 4.78 is 1.58. The molecule has 6 heteroatoms. The lowest BCUT2D eigenvalue weighted by Crippen LogP contribution is -2.32. The van der Waals surface area contributed by atoms with Gasteiger partial charge in [0.1, 0.15) is 0 Å². The Hall–Kier alpha value is -2.89. The van der Waals surface area contributed by atoms with Gasteiger partial charge in [0.25, 0.3) is 5.56 Å². The van der Waals surface area contributed by atoms with Gasteiger partial charge in [0.15, 0.2) is 5.82 Å². The third-order valence-electron chi connectivity index (χ3n) is 5.42. The number of pyridine rings is 1. The summed E-state index contributed by atoms with van der Waals surface area (Å²) in [6, 6.07) is 10.4. The van der Waals surface area contributed by atoms with Crippen molar-refractivity contribution >= 4 is 22.5 Å². The van der Waals surface area contributed by atoms with Crippen molar-refractivity contribution < 1.29 is 0 Å². The van der Waals surface area contributed by atoms with Gasteiger partial charge >= 0.3 is 0 Å². The second-order valence-corrected chi connectivity index (χ2v) is 7.38. The minimum atomic E-state index is -0.144. The van der Waals surface area contributed by atoms with E-state index in [2.05, 4.69) is 51.4 Å². The molecule has 0 unspecified atom stereocenters. The number of anilines is 2. The third-order valence-corrected chi connectivity index (χ3v) is 5.42. The zero-order chi connectivity index (χ0) is 18.8. The maximum atomic E-state index is 12.5. The van der Waals surface area contributed by atoms with E-state index in [9.17, 15) is 4.79 Å². The standard InChI is InChI=1S/C21H25N5O/c1-15-8-11-26(12-9-15)17-5-3-16(4-6-17)13-23-20-21(27)25(2)19-14-22-10-7-18(19)24-20/h3-7,10,14-15H,8-9,11-13H2,1-2H3,(H,23,24). The van der Waals surface area contributed by atoms with Gasteiger partial charge in [-0.3, -0.25) is 9.78 Å². The van der Waals surface area contributed by atoms with Crippen LogP contribution in [0.4, 0.5) is 11.5 Å². The summed E-state index contributed by atoms with van der Waals surface area (Å²) in [5, 5.41) is 3.19. The Balaban J connectivity index is 1.47. The number of nitrogens with zero attached hydrogens (tertiary/aromatic N) is 4. The number of piperidine rings is 1. The van der Waals surface area contributed by atoms with E-state index in [0.29, 0.717) is 12.4 Å². The predicted molar refractivity (Wildman–Crippen MR) is 109 cm³/mol. The molecule has 0 radical (unpaired) electrons. The minimum absolute atomic E-state index is 0.144. The fourth-order valence-electron chi connectivity index (χ4n) is 3.56. The van der Waals surface area contributed by atoms with E-state index in [0.717, 1.165) is 35.6 Å². The van der Waals surface area contributed by atoms with Crippen molar-refractivity contribution in [3.05, 3.63) is 58.6 Å². The Bertz CT molecular complexity index is 988. The highest BCUT2D eigenvalue weighted by Crippen LogP contribution is 2.23. The van der Waals surface area contributed by atoms with Gasteiger partial charge in [0.05, 0.1) is 17.2 Å². The lowest BCUT2D eigenvalue weighted by Gasteiger charge is -2.32. The van der Waals surface area contributed by atoms with Crippen LogP contribution in [-0.2, 0) is 13.6 Å². The van der Waals surface area contributed by atoms with Gasteiger partial charge in [-0.05, 0) is 42.5 Å². The molecule has 0 saturated carbocycles. The number of hydrogen-bond donors (Lipinski definition) is 1. The summed E-state index contributed by atoms with van der Waals surface area (Å²) in [5.74, 6) is 1.20. The highest BCUT2D eigenvalue weighted by molar-refractivity contribution is 5.74. The van der Waals surface area contributed by atoms with Crippen LogP contribution in [0.25, 0.3) is 11.0 Å². The molecule has 6 nitrogen and oxygen atoms in total. The summed E-state index contributed by atoms with van der Waals surface area (Å²) in [4.78, 5) is 23.5. The number of aryl methyl sites for hydroxylation is 1. The predicted octanol–water partition coefficient (Wildman–Crippen LogP) is 3.18. The highest BCUT2D eigenvalue weighted by Gasteiger charge is 2.15. The van der Waals surface area contributed by atoms with Crippen LogP contribution in [-0.4, -0.2) is 27.6 Å². The molecule has 1 aliphatic rings. The summed E-state index contributed by atoms with van der Waals surface area (Å²) in [6.07, 6.45) is 5.86. The van der Waals surface area contributed by atoms with E-state index in [1.807, 2.05) is 6.07 Å². The van der Waals surface area contributed by atoms with E-state index >= 15 is 0 Å². The molecule has 1 aliphatic heterocycles. The minimum Gasteiger partial charge on any atom is -0.372 e. The first-order valence-electron chi connectivity index (χ1n) is 9.50. The smallest absolute Gasteiger partial charge is 0.293 e. The van der Waals surface area contributed by atoms with Crippen LogP contribution < -0.4 is 15.8 Å². The van der Waals surface area contributed by atoms with Gasteiger partial charge in [-0.2, -0.15) is 0 Å². The molecule has 0 spiro atoms. The monoisotopic (exact) mass is 363 g/mol. The summed E-state index contributed by atoms with van der Waals surface area (Å²) >= 11 is 0. The van der Waals surface area contributed by atoms with Crippen LogP contribution in [0.2, 0.25) is 0 Å². The highest BCUT2D eigenvalue weighted by atomic mass is 16.1. The van der Waals surface area contributed by atoms with Crippen LogP contribution in [0.5, 0.6) is 0 Å². The Morgan fingerprint density at radius 1 is 1.15 bits per heavy atom. The SMILES string of the molecule is CC1CCN(c2ccc(CNc3nc4ccncc4n(C)c3=O)cc2)CC1. The zero-order valence-corrected chi connectivity index (χ0v) is 15.9. The third kappa shape index (κ3) is 3.65. The summed E-state index contributed by atoms with van der Waals surface area (Å²) in [6.45, 7) is 5.15. The molecule has 1 aromatic carbocycles. The first-order chi connectivity index (χ1) is 13.1. The zero-order valence-electron chi connectivity index (χ0n) is 15.9. The second-order valence-electron chi connectivity index (χ2n) is 7.38. The average Bonchev–Trinajstić information content (AvgIpc) is 2.71. The number of hydrogen-bond acceptors (Lipinski definition) is 5. The Morgan fingerprint density at radius 2 is 1.89 bits per heavy atom. The molecule has 2 aromatic heterocycles. The van der Waals surface area contributed by atoms with Crippen molar-refractivity contribution in [1.29, 1.82) is 0 Å². The van der Waals surface area contributed by atoms with Crippen molar-refractivity contribution in [1.82, 2.24) is 14.5 Å². The first-order valence-corrected chi connectivity index (χ1v) is 9.50. The van der Waals surface area contributed by atoms with E-state index < -0.39 is 0 Å². The Kier molecular flexibility index (Phi) is 4.79. The molecule has 1 fully saturated rings. The first kappa shape index (κ1) is 17.5. The number of fused-ring (bicyclic) bond motifs is 1. The van der Waals surface area contributed by atoms with Crippen LogP contribution in [0.3, 0.4) is 0 Å². The quantitative estimate of drug-likeness (QED) is 0.771. The molecule has 3 aromatic rings. The molecule has 3 heterocycles. The van der Waals surface area contributed by atoms with Gasteiger partial charge in [-0.15, -0.1) is 0 Å². The number of aromatic nitrogens is 3. The van der Waals surface area contributed by atoms with Gasteiger partial charge in [0, 0.05) is 38.6 Å². The molecule has 0 amide bonds. The molecule has 27 heavy (non-hydrogen) atoms. The van der Waals surface area contributed by atoms with E-state index in [4.69, 9.17) is 0 Å². The van der Waals surface area contributed by atoms with Gasteiger partial charge in [-0.25, -0.2) is 4.98 Å². The van der Waals surface area contributed by atoms with Crippen LogP contribution >= 0.6 is 0 Å². The van der Waals surface area contributed by atoms with Crippen molar-refractivity contribution in [3.8, 4) is 0 Å². The van der Waals surface area contributed by atoms with Crippen molar-refractivity contribution in [2.24, 2.45) is 13.0 Å². The van der Waals surface area contributed by atoms with Crippen molar-refractivity contribution in [3.63, 3.8) is 0 Å². The normalized spacial score (nSPS) is 15.3. The van der Waals surface area contributed by atoms with Gasteiger partial charge in [0.2, 0.25) is 0 Å². The lowest BCUT2D eigenvalue weighted by molar-refractivity contribution is 0.438. The largest absolute Gasteiger partial charge is 0.372 e. The second kappa shape index (κ2) is 7.39. The molecule has 4 rings (SSSR count). The summed E-state index contributed by atoms with van der Waals surface area (Å²) in [5.41, 5.74) is 3.74.